The molecule has 0 aliphatic carbocycles. The number of para-hydroxylation sites is 5. The van der Waals surface area contributed by atoms with Gasteiger partial charge < -0.3 is 9.13 Å². The van der Waals surface area contributed by atoms with E-state index in [9.17, 15) is 0 Å². The van der Waals surface area contributed by atoms with Crippen molar-refractivity contribution in [3.8, 4) is 40.1 Å². The first-order valence-corrected chi connectivity index (χ1v) is 24.2. The molecule has 0 spiro atoms. The second-order valence-corrected chi connectivity index (χ2v) is 19.5. The Hall–Kier alpha value is -7.05. The molecule has 0 unspecified atom stereocenters. The van der Waals surface area contributed by atoms with Gasteiger partial charge in [-0.25, -0.2) is 4.98 Å². The molecule has 0 bridgehead atoms. The molecule has 0 saturated carbocycles. The Morgan fingerprint density at radius 2 is 0.565 bits per heavy atom. The zero-order chi connectivity index (χ0) is 47.9. The van der Waals surface area contributed by atoms with Gasteiger partial charge in [-0.15, -0.1) is 16.4 Å². The molecule has 69 heavy (non-hydrogen) atoms. The topological polar surface area (TPSA) is 53.5 Å². The summed E-state index contributed by atoms with van der Waals surface area (Å²) in [5.74, 6) is 1.79. The monoisotopic (exact) mass is 872 g/mol. The third-order valence-corrected chi connectivity index (χ3v) is 16.5. The van der Waals surface area contributed by atoms with Crippen molar-refractivity contribution in [2.45, 2.75) is 0 Å². The SMILES string of the molecule is Bc1c(B)c(B)c2c(c1B)c1ccccc1n2-c1nc(-c2ccccc2-n2c3ccccc3c3c(B)c(B)c(B)c(B)c32)nc(-c2ccccc2-n2c3ccccc3c3c(B)c(B)c(B)c(B)c32)n1. The molecule has 0 aliphatic rings. The van der Waals surface area contributed by atoms with E-state index in [-0.39, 0.29) is 0 Å². The number of hydrogen-bond donors (Lipinski definition) is 0. The fourth-order valence-corrected chi connectivity index (χ4v) is 11.8. The summed E-state index contributed by atoms with van der Waals surface area (Å²) in [5, 5.41) is 7.47. The van der Waals surface area contributed by atoms with Crippen molar-refractivity contribution in [1.29, 1.82) is 0 Å². The number of fused-ring (bicyclic) bond motifs is 9. The molecule has 0 fully saturated rings. The van der Waals surface area contributed by atoms with E-state index in [2.05, 4.69) is 229 Å². The highest BCUT2D eigenvalue weighted by atomic mass is 15.2. The lowest BCUT2D eigenvalue weighted by Gasteiger charge is -2.19. The van der Waals surface area contributed by atoms with Crippen LogP contribution in [0.25, 0.3) is 106 Å². The maximum atomic E-state index is 5.66. The molecule has 0 N–H and O–H groups in total. The van der Waals surface area contributed by atoms with Crippen LogP contribution in [-0.4, -0.2) is 123 Å². The molecule has 4 aromatic heterocycles. The van der Waals surface area contributed by atoms with Gasteiger partial charge in [0.25, 0.3) is 0 Å². The second kappa shape index (κ2) is 15.7. The van der Waals surface area contributed by atoms with Crippen LogP contribution in [0.15, 0.2) is 121 Å². The fraction of sp³-hybridized carbons (Fsp3) is 0. The Labute approximate surface area is 413 Å². The first kappa shape index (κ1) is 43.2. The van der Waals surface area contributed by atoms with Gasteiger partial charge in [-0.2, -0.15) is 9.97 Å². The molecule has 18 heteroatoms. The predicted octanol–water partition coefficient (Wildman–Crippen LogP) is -8.40. The van der Waals surface area contributed by atoms with E-state index in [1.807, 2.05) is 0 Å². The van der Waals surface area contributed by atoms with Crippen molar-refractivity contribution < 1.29 is 0 Å². The van der Waals surface area contributed by atoms with Gasteiger partial charge in [0.15, 0.2) is 11.6 Å². The largest absolute Gasteiger partial charge is 0.309 e. The van der Waals surface area contributed by atoms with Crippen LogP contribution in [-0.2, 0) is 0 Å². The molecule has 12 rings (SSSR count). The Kier molecular flexibility index (Phi) is 9.87. The normalized spacial score (nSPS) is 11.9. The minimum absolute atomic E-state index is 0.581. The van der Waals surface area contributed by atoms with E-state index in [0.717, 1.165) is 44.6 Å². The average Bonchev–Trinajstić information content (AvgIpc) is 4.04. The first-order valence-electron chi connectivity index (χ1n) is 24.2. The number of rotatable bonds is 5. The van der Waals surface area contributed by atoms with Crippen molar-refractivity contribution in [3.05, 3.63) is 121 Å². The summed E-state index contributed by atoms with van der Waals surface area (Å²) in [4.78, 5) is 17.0. The van der Waals surface area contributed by atoms with Crippen molar-refractivity contribution >= 4 is 225 Å². The lowest BCUT2D eigenvalue weighted by atomic mass is 9.65. The maximum Gasteiger partial charge on any atom is 0.238 e. The lowest BCUT2D eigenvalue weighted by molar-refractivity contribution is 0.951. The number of nitrogens with zero attached hydrogens (tertiary/aromatic N) is 6. The molecule has 0 amide bonds. The molecular weight excluding hydrogens is 826 g/mol. The van der Waals surface area contributed by atoms with Crippen LogP contribution in [0.3, 0.4) is 0 Å². The molecule has 0 atom stereocenters. The van der Waals surface area contributed by atoms with Crippen LogP contribution in [0, 0.1) is 0 Å². The molecule has 0 saturated heterocycles. The van der Waals surface area contributed by atoms with Gasteiger partial charge >= 0.3 is 0 Å². The minimum atomic E-state index is 0.581. The van der Waals surface area contributed by atoms with Gasteiger partial charge in [0.05, 0.1) is 27.9 Å². The van der Waals surface area contributed by atoms with Crippen LogP contribution in [0.2, 0.25) is 0 Å². The Morgan fingerprint density at radius 1 is 0.275 bits per heavy atom. The van der Waals surface area contributed by atoms with E-state index >= 15 is 0 Å². The highest BCUT2D eigenvalue weighted by Gasteiger charge is 2.27. The lowest BCUT2D eigenvalue weighted by Crippen LogP contribution is -2.48. The third kappa shape index (κ3) is 6.00. The number of benzene rings is 8. The summed E-state index contributed by atoms with van der Waals surface area (Å²) in [6.07, 6.45) is 0. The highest BCUT2D eigenvalue weighted by Crippen LogP contribution is 2.38. The van der Waals surface area contributed by atoms with Gasteiger partial charge in [0.2, 0.25) is 5.95 Å². The van der Waals surface area contributed by atoms with E-state index in [4.69, 9.17) is 15.0 Å². The summed E-state index contributed by atoms with van der Waals surface area (Å²) in [6.45, 7) is 0. The van der Waals surface area contributed by atoms with E-state index in [1.165, 1.54) is 109 Å². The van der Waals surface area contributed by atoms with Crippen LogP contribution < -0.4 is 65.6 Å². The Morgan fingerprint density at radius 3 is 0.942 bits per heavy atom. The van der Waals surface area contributed by atoms with E-state index < -0.39 is 0 Å². The first-order chi connectivity index (χ1) is 33.3. The van der Waals surface area contributed by atoms with Gasteiger partial charge in [-0.1, -0.05) is 128 Å². The molecule has 0 aliphatic heterocycles. The zero-order valence-corrected chi connectivity index (χ0v) is 41.7. The Balaban J connectivity index is 1.23. The Bertz CT molecular complexity index is 4050. The molecule has 8 aromatic carbocycles. The molecule has 6 nitrogen and oxygen atoms in total. The van der Waals surface area contributed by atoms with Crippen molar-refractivity contribution in [2.24, 2.45) is 0 Å². The van der Waals surface area contributed by atoms with E-state index in [0.29, 0.717) is 17.6 Å². The molecule has 314 valence electrons. The number of aromatic nitrogens is 6. The summed E-state index contributed by atoms with van der Waals surface area (Å²) >= 11 is 0. The van der Waals surface area contributed by atoms with Gasteiger partial charge in [-0.3, -0.25) is 4.57 Å². The summed E-state index contributed by atoms with van der Waals surface area (Å²) in [6, 6.07) is 43.7. The molecule has 0 radical (unpaired) electrons. The molecule has 4 heterocycles. The summed E-state index contributed by atoms with van der Waals surface area (Å²) in [5.41, 5.74) is 26.3. The van der Waals surface area contributed by atoms with Crippen molar-refractivity contribution in [2.75, 3.05) is 0 Å². The fourth-order valence-electron chi connectivity index (χ4n) is 11.8. The second-order valence-electron chi connectivity index (χ2n) is 19.5. The summed E-state index contributed by atoms with van der Waals surface area (Å²) in [7, 11) is 27.1. The molecule has 12 aromatic rings. The van der Waals surface area contributed by atoms with Crippen LogP contribution in [0.5, 0.6) is 0 Å². The summed E-state index contributed by atoms with van der Waals surface area (Å²) < 4.78 is 7.22. The standard InChI is InChI=1S/C51H44B12N6/c52-34-31-21-11-1-6-16-26(21)67(46(31)43(61)40(58)37(34)55)29-19-9-4-14-24(29)49-64-50(66-51(65-49)69-28-18-8-3-13-23(28)33-36(54)39(57)42(60)45(63)48(33)69)25-15-5-10-20-30(25)68-27-17-7-2-12-22(27)32-35(53)38(56)41(59)44(62)47(32)68/h1-20H,52-63H2. The quantitative estimate of drug-likeness (QED) is 0.162. The molecular formula is C51H44B12N6. The third-order valence-electron chi connectivity index (χ3n) is 16.5. The van der Waals surface area contributed by atoms with Crippen LogP contribution in [0.1, 0.15) is 0 Å². The number of hydrogen-bond acceptors (Lipinski definition) is 3. The smallest absolute Gasteiger partial charge is 0.238 e. The van der Waals surface area contributed by atoms with Crippen LogP contribution in [0.4, 0.5) is 0 Å². The van der Waals surface area contributed by atoms with Crippen molar-refractivity contribution in [3.63, 3.8) is 0 Å². The predicted molar refractivity (Wildman–Crippen MR) is 332 cm³/mol. The highest BCUT2D eigenvalue weighted by molar-refractivity contribution is 6.69. The van der Waals surface area contributed by atoms with Gasteiger partial charge in [0, 0.05) is 60.0 Å². The minimum Gasteiger partial charge on any atom is -0.309 e. The average molecular weight is 871 g/mol. The van der Waals surface area contributed by atoms with Crippen molar-refractivity contribution in [1.82, 2.24) is 28.7 Å². The zero-order valence-electron chi connectivity index (χ0n) is 41.7. The van der Waals surface area contributed by atoms with Gasteiger partial charge in [-0.05, 0) is 42.5 Å². The van der Waals surface area contributed by atoms with Crippen LogP contribution >= 0.6 is 0 Å². The van der Waals surface area contributed by atoms with E-state index in [1.54, 1.807) is 0 Å². The van der Waals surface area contributed by atoms with Gasteiger partial charge in [0.1, 0.15) is 94.2 Å². The maximum absolute atomic E-state index is 5.66.